The topological polar surface area (TPSA) is 70.0 Å². The number of ether oxygens (including phenoxy) is 1. The Bertz CT molecular complexity index is 583. The number of carbonyl (C=O) groups is 1. The zero-order valence-corrected chi connectivity index (χ0v) is 14.5. The number of likely N-dealkylation sites (N-methyl/N-ethyl adjacent to an activating group) is 1. The Hall–Kier alpha value is -1.59. The molecule has 1 aromatic carbocycles. The molecule has 0 saturated carbocycles. The van der Waals surface area contributed by atoms with Crippen LogP contribution in [0, 0.1) is 0 Å². The van der Waals surface area contributed by atoms with Gasteiger partial charge in [-0.2, -0.15) is 0 Å². The van der Waals surface area contributed by atoms with Crippen LogP contribution in [-0.4, -0.2) is 53.4 Å². The molecule has 5 heteroatoms. The Labute approximate surface area is 137 Å². The van der Waals surface area contributed by atoms with Crippen LogP contribution in [-0.2, 0) is 4.74 Å². The predicted molar refractivity (Wildman–Crippen MR) is 89.0 cm³/mol. The van der Waals surface area contributed by atoms with Crippen LogP contribution in [0.2, 0.25) is 0 Å². The Morgan fingerprint density at radius 1 is 1.22 bits per heavy atom. The Kier molecular flexibility index (Phi) is 5.32. The third kappa shape index (κ3) is 3.51. The minimum absolute atomic E-state index is 0.0367. The molecule has 1 saturated heterocycles. The van der Waals surface area contributed by atoms with Crippen molar-refractivity contribution >= 4 is 5.91 Å². The van der Waals surface area contributed by atoms with Crippen LogP contribution in [0.4, 0.5) is 0 Å². The molecule has 1 aliphatic rings. The van der Waals surface area contributed by atoms with Crippen molar-refractivity contribution in [3.05, 3.63) is 28.8 Å². The molecule has 0 aromatic heterocycles. The fourth-order valence-electron chi connectivity index (χ4n) is 2.86. The Morgan fingerprint density at radius 3 is 2.35 bits per heavy atom. The molecule has 1 amide bonds. The summed E-state index contributed by atoms with van der Waals surface area (Å²) in [4.78, 5) is 14.3. The molecule has 128 valence electrons. The monoisotopic (exact) mass is 321 g/mol. The van der Waals surface area contributed by atoms with Crippen molar-refractivity contribution < 1.29 is 19.7 Å². The maximum absolute atomic E-state index is 12.8. The first kappa shape index (κ1) is 17.8. The van der Waals surface area contributed by atoms with Gasteiger partial charge >= 0.3 is 0 Å². The number of nitrogens with zero attached hydrogens (tertiary/aromatic N) is 1. The molecular formula is C18H27NO4. The van der Waals surface area contributed by atoms with Gasteiger partial charge in [-0.15, -0.1) is 0 Å². The standard InChI is InChI=1S/C18H27NO4/c1-10(2)12-6-13(11(3)4)17(21)14(7-12)18(22)19(5)15-8-23-9-16(15)20/h6-7,10-11,15-16,20-21H,8-9H2,1-5H3/t15-,16-/m1/s1. The number of hydrogen-bond donors (Lipinski definition) is 2. The minimum atomic E-state index is -0.691. The Balaban J connectivity index is 2.42. The highest BCUT2D eigenvalue weighted by Crippen LogP contribution is 2.34. The van der Waals surface area contributed by atoms with Gasteiger partial charge in [-0.05, 0) is 29.0 Å². The summed E-state index contributed by atoms with van der Waals surface area (Å²) < 4.78 is 5.22. The van der Waals surface area contributed by atoms with Gasteiger partial charge in [-0.1, -0.05) is 33.8 Å². The average molecular weight is 321 g/mol. The van der Waals surface area contributed by atoms with Gasteiger partial charge in [0, 0.05) is 7.05 Å². The number of phenols is 1. The van der Waals surface area contributed by atoms with E-state index in [-0.39, 0.29) is 36.1 Å². The summed E-state index contributed by atoms with van der Waals surface area (Å²) in [5.41, 5.74) is 2.09. The number of amides is 1. The van der Waals surface area contributed by atoms with Gasteiger partial charge in [0.25, 0.3) is 5.91 Å². The molecule has 0 radical (unpaired) electrons. The lowest BCUT2D eigenvalue weighted by Crippen LogP contribution is -2.44. The number of carbonyl (C=O) groups excluding carboxylic acids is 1. The van der Waals surface area contributed by atoms with E-state index in [1.165, 1.54) is 4.90 Å². The lowest BCUT2D eigenvalue weighted by molar-refractivity contribution is 0.0578. The van der Waals surface area contributed by atoms with Crippen molar-refractivity contribution in [1.29, 1.82) is 0 Å². The normalized spacial score (nSPS) is 21.2. The van der Waals surface area contributed by atoms with Crippen molar-refractivity contribution in [3.8, 4) is 5.75 Å². The van der Waals surface area contributed by atoms with Gasteiger partial charge < -0.3 is 19.8 Å². The van der Waals surface area contributed by atoms with Crippen LogP contribution in [0.5, 0.6) is 5.75 Å². The smallest absolute Gasteiger partial charge is 0.257 e. The van der Waals surface area contributed by atoms with Crippen LogP contribution >= 0.6 is 0 Å². The highest BCUT2D eigenvalue weighted by molar-refractivity contribution is 5.97. The van der Waals surface area contributed by atoms with Crippen LogP contribution in [0.15, 0.2) is 12.1 Å². The van der Waals surface area contributed by atoms with Crippen molar-refractivity contribution in [2.75, 3.05) is 20.3 Å². The van der Waals surface area contributed by atoms with E-state index in [9.17, 15) is 15.0 Å². The molecule has 23 heavy (non-hydrogen) atoms. The average Bonchev–Trinajstić information content (AvgIpc) is 2.91. The number of aliphatic hydroxyl groups is 1. The van der Waals surface area contributed by atoms with Crippen molar-refractivity contribution in [1.82, 2.24) is 4.90 Å². The first-order valence-corrected chi connectivity index (χ1v) is 8.13. The quantitative estimate of drug-likeness (QED) is 0.894. The molecule has 0 unspecified atom stereocenters. The molecule has 2 N–H and O–H groups in total. The van der Waals surface area contributed by atoms with Crippen molar-refractivity contribution in [2.45, 2.75) is 51.7 Å². The van der Waals surface area contributed by atoms with Crippen LogP contribution in [0.25, 0.3) is 0 Å². The van der Waals surface area contributed by atoms with E-state index in [1.807, 2.05) is 19.9 Å². The summed E-state index contributed by atoms with van der Waals surface area (Å²) in [5, 5.41) is 20.5. The number of aromatic hydroxyl groups is 1. The summed E-state index contributed by atoms with van der Waals surface area (Å²) in [5.74, 6) is 0.118. The largest absolute Gasteiger partial charge is 0.507 e. The summed E-state index contributed by atoms with van der Waals surface area (Å²) in [6, 6.07) is 3.34. The molecule has 1 aromatic rings. The fourth-order valence-corrected chi connectivity index (χ4v) is 2.86. The first-order valence-electron chi connectivity index (χ1n) is 8.13. The molecule has 0 spiro atoms. The third-order valence-electron chi connectivity index (χ3n) is 4.52. The van der Waals surface area contributed by atoms with E-state index < -0.39 is 6.10 Å². The zero-order valence-electron chi connectivity index (χ0n) is 14.5. The van der Waals surface area contributed by atoms with Crippen molar-refractivity contribution in [2.24, 2.45) is 0 Å². The second kappa shape index (κ2) is 6.89. The van der Waals surface area contributed by atoms with Gasteiger partial charge in [0.15, 0.2) is 0 Å². The van der Waals surface area contributed by atoms with Gasteiger partial charge in [-0.25, -0.2) is 0 Å². The highest BCUT2D eigenvalue weighted by Gasteiger charge is 2.34. The second-order valence-corrected chi connectivity index (χ2v) is 6.90. The fraction of sp³-hybridized carbons (Fsp3) is 0.611. The van der Waals surface area contributed by atoms with E-state index >= 15 is 0 Å². The van der Waals surface area contributed by atoms with E-state index in [4.69, 9.17) is 4.74 Å². The molecule has 1 fully saturated rings. The number of rotatable bonds is 4. The number of phenolic OH excluding ortho intramolecular Hbond substituents is 1. The van der Waals surface area contributed by atoms with Crippen LogP contribution < -0.4 is 0 Å². The maximum atomic E-state index is 12.8. The van der Waals surface area contributed by atoms with Crippen molar-refractivity contribution in [3.63, 3.8) is 0 Å². The van der Waals surface area contributed by atoms with Crippen LogP contribution in [0.3, 0.4) is 0 Å². The number of aliphatic hydroxyl groups excluding tert-OH is 1. The van der Waals surface area contributed by atoms with Gasteiger partial charge in [0.05, 0.1) is 30.9 Å². The molecule has 0 aliphatic carbocycles. The van der Waals surface area contributed by atoms with E-state index in [0.29, 0.717) is 12.2 Å². The number of hydrogen-bond acceptors (Lipinski definition) is 4. The highest BCUT2D eigenvalue weighted by atomic mass is 16.5. The minimum Gasteiger partial charge on any atom is -0.507 e. The van der Waals surface area contributed by atoms with E-state index in [2.05, 4.69) is 13.8 Å². The molecule has 2 atom stereocenters. The van der Waals surface area contributed by atoms with E-state index in [1.54, 1.807) is 13.1 Å². The Morgan fingerprint density at radius 2 is 1.87 bits per heavy atom. The van der Waals surface area contributed by atoms with Gasteiger partial charge in [0.1, 0.15) is 5.75 Å². The van der Waals surface area contributed by atoms with Gasteiger partial charge in [-0.3, -0.25) is 4.79 Å². The summed E-state index contributed by atoms with van der Waals surface area (Å²) in [6.45, 7) is 8.64. The predicted octanol–water partition coefficient (Wildman–Crippen LogP) is 2.47. The lowest BCUT2D eigenvalue weighted by atomic mass is 9.91. The van der Waals surface area contributed by atoms with Gasteiger partial charge in [0.2, 0.25) is 0 Å². The van der Waals surface area contributed by atoms with E-state index in [0.717, 1.165) is 11.1 Å². The molecule has 1 heterocycles. The zero-order chi connectivity index (χ0) is 17.3. The second-order valence-electron chi connectivity index (χ2n) is 6.90. The lowest BCUT2D eigenvalue weighted by Gasteiger charge is -2.27. The number of benzene rings is 1. The summed E-state index contributed by atoms with van der Waals surface area (Å²) in [7, 11) is 1.64. The molecular weight excluding hydrogens is 294 g/mol. The maximum Gasteiger partial charge on any atom is 0.257 e. The van der Waals surface area contributed by atoms with Crippen LogP contribution in [0.1, 0.15) is 61.0 Å². The molecule has 0 bridgehead atoms. The molecule has 1 aliphatic heterocycles. The molecule has 2 rings (SSSR count). The molecule has 5 nitrogen and oxygen atoms in total. The first-order chi connectivity index (χ1) is 10.7. The summed E-state index contributed by atoms with van der Waals surface area (Å²) in [6.07, 6.45) is -0.691. The summed E-state index contributed by atoms with van der Waals surface area (Å²) >= 11 is 0. The third-order valence-corrected chi connectivity index (χ3v) is 4.52. The SMILES string of the molecule is CC(C)c1cc(C(=O)N(C)[C@@H]2COC[C@H]2O)c(O)c(C(C)C)c1.